The number of nitrogens with one attached hydrogen (secondary N) is 2. The van der Waals surface area contributed by atoms with Crippen molar-refractivity contribution in [1.29, 1.82) is 0 Å². The van der Waals surface area contributed by atoms with Gasteiger partial charge >= 0.3 is 0 Å². The lowest BCUT2D eigenvalue weighted by Gasteiger charge is -2.18. The van der Waals surface area contributed by atoms with E-state index in [4.69, 9.17) is 4.98 Å². The molecular formula is C27H29N7O2S. The first kappa shape index (κ1) is 24.6. The van der Waals surface area contributed by atoms with Gasteiger partial charge in [0.15, 0.2) is 5.13 Å². The summed E-state index contributed by atoms with van der Waals surface area (Å²) < 4.78 is 0. The molecule has 1 aromatic carbocycles. The predicted molar refractivity (Wildman–Crippen MR) is 147 cm³/mol. The average Bonchev–Trinajstić information content (AvgIpc) is 3.50. The molecule has 190 valence electrons. The van der Waals surface area contributed by atoms with Gasteiger partial charge in [0.05, 0.1) is 6.42 Å². The molecule has 5 rings (SSSR count). The zero-order valence-electron chi connectivity index (χ0n) is 21.1. The van der Waals surface area contributed by atoms with Crippen molar-refractivity contribution in [3.63, 3.8) is 0 Å². The molecule has 0 saturated carbocycles. The van der Waals surface area contributed by atoms with Crippen LogP contribution < -0.4 is 15.5 Å². The molecule has 10 heteroatoms. The van der Waals surface area contributed by atoms with Crippen LogP contribution in [0.25, 0.3) is 10.3 Å². The smallest absolute Gasteiger partial charge is 0.227 e. The van der Waals surface area contributed by atoms with Gasteiger partial charge in [-0.1, -0.05) is 29.0 Å². The van der Waals surface area contributed by atoms with Crippen molar-refractivity contribution in [1.82, 2.24) is 25.2 Å². The molecule has 4 heterocycles. The van der Waals surface area contributed by atoms with E-state index in [0.29, 0.717) is 24.0 Å². The number of likely N-dealkylation sites (tertiary alicyclic amines) is 1. The number of fused-ring (bicyclic) bond motifs is 1. The highest BCUT2D eigenvalue weighted by Crippen LogP contribution is 2.30. The van der Waals surface area contributed by atoms with Crippen LogP contribution in [0.3, 0.4) is 0 Å². The molecule has 9 nitrogen and oxygen atoms in total. The number of pyridine rings is 2. The Labute approximate surface area is 219 Å². The van der Waals surface area contributed by atoms with Crippen LogP contribution in [0.2, 0.25) is 0 Å². The Kier molecular flexibility index (Phi) is 7.00. The molecule has 2 N–H and O–H groups in total. The second-order valence-corrected chi connectivity index (χ2v) is 10.3. The third-order valence-corrected chi connectivity index (χ3v) is 7.25. The number of carbonyl (C=O) groups excluding carboxylic acids is 2. The summed E-state index contributed by atoms with van der Waals surface area (Å²) in [5.74, 6) is 1.44. The largest absolute Gasteiger partial charge is 0.352 e. The molecule has 4 aromatic rings. The summed E-state index contributed by atoms with van der Waals surface area (Å²) in [5, 5.41) is 6.84. The molecule has 2 amide bonds. The van der Waals surface area contributed by atoms with Gasteiger partial charge in [0.25, 0.3) is 0 Å². The number of hydrogen-bond acceptors (Lipinski definition) is 8. The third kappa shape index (κ3) is 5.86. The van der Waals surface area contributed by atoms with E-state index in [1.54, 1.807) is 11.1 Å². The molecule has 3 aromatic heterocycles. The van der Waals surface area contributed by atoms with Crippen LogP contribution in [0.4, 0.5) is 22.5 Å². The molecule has 0 radical (unpaired) electrons. The first-order valence-electron chi connectivity index (χ1n) is 12.2. The highest BCUT2D eigenvalue weighted by atomic mass is 32.1. The summed E-state index contributed by atoms with van der Waals surface area (Å²) >= 11 is 1.46. The van der Waals surface area contributed by atoms with Gasteiger partial charge in [0, 0.05) is 45.0 Å². The van der Waals surface area contributed by atoms with Crippen LogP contribution in [0.15, 0.2) is 54.7 Å². The molecule has 1 aliphatic heterocycles. The van der Waals surface area contributed by atoms with Crippen molar-refractivity contribution < 1.29 is 9.59 Å². The quantitative estimate of drug-likeness (QED) is 0.380. The fraction of sp³-hybridized carbons (Fsp3) is 0.296. The second-order valence-electron chi connectivity index (χ2n) is 9.28. The average molecular weight is 516 g/mol. The summed E-state index contributed by atoms with van der Waals surface area (Å²) in [6.07, 6.45) is 2.75. The minimum atomic E-state index is -0.0660. The lowest BCUT2D eigenvalue weighted by molar-refractivity contribution is -0.129. The topological polar surface area (TPSA) is 103 Å². The van der Waals surface area contributed by atoms with Gasteiger partial charge in [-0.05, 0) is 55.3 Å². The highest BCUT2D eigenvalue weighted by molar-refractivity contribution is 7.21. The molecule has 0 unspecified atom stereocenters. The van der Waals surface area contributed by atoms with Gasteiger partial charge in [-0.2, -0.15) is 0 Å². The van der Waals surface area contributed by atoms with Crippen LogP contribution in [0.5, 0.6) is 0 Å². The van der Waals surface area contributed by atoms with E-state index in [0.717, 1.165) is 33.8 Å². The lowest BCUT2D eigenvalue weighted by atomic mass is 10.2. The lowest BCUT2D eigenvalue weighted by Crippen LogP contribution is -2.37. The molecule has 0 spiro atoms. The Morgan fingerprint density at radius 3 is 2.73 bits per heavy atom. The summed E-state index contributed by atoms with van der Waals surface area (Å²) in [5.41, 5.74) is 3.96. The summed E-state index contributed by atoms with van der Waals surface area (Å²) in [6.45, 7) is 4.77. The van der Waals surface area contributed by atoms with E-state index >= 15 is 0 Å². The van der Waals surface area contributed by atoms with Gasteiger partial charge in [0.1, 0.15) is 22.0 Å². The number of aryl methyl sites for hydroxylation is 1. The summed E-state index contributed by atoms with van der Waals surface area (Å²) in [4.78, 5) is 42.6. The normalized spacial score (nSPS) is 15.1. The zero-order chi connectivity index (χ0) is 25.9. The maximum Gasteiger partial charge on any atom is 0.227 e. The molecule has 1 fully saturated rings. The Balaban J connectivity index is 1.25. The molecule has 1 atom stereocenters. The third-order valence-electron chi connectivity index (χ3n) is 6.37. The van der Waals surface area contributed by atoms with E-state index in [9.17, 15) is 9.59 Å². The SMILES string of the molecule is CC(=O)N[C@@H]1CCN(C(=O)Cc2ccnc(Nc3nc4ccc(N(C)c5ccc(C)cc5)nc4s3)c2)C1. The van der Waals surface area contributed by atoms with Crippen LogP contribution in [0, 0.1) is 6.92 Å². The predicted octanol–water partition coefficient (Wildman–Crippen LogP) is 4.19. The zero-order valence-corrected chi connectivity index (χ0v) is 21.9. The number of aromatic nitrogens is 3. The number of amides is 2. The van der Waals surface area contributed by atoms with Crippen LogP contribution in [-0.2, 0) is 16.0 Å². The number of nitrogens with zero attached hydrogens (tertiary/aromatic N) is 5. The molecule has 0 bridgehead atoms. The van der Waals surface area contributed by atoms with Crippen molar-refractivity contribution in [2.75, 3.05) is 30.4 Å². The summed E-state index contributed by atoms with van der Waals surface area (Å²) in [6, 6.07) is 16.0. The Bertz CT molecular complexity index is 1440. The maximum atomic E-state index is 12.8. The van der Waals surface area contributed by atoms with Gasteiger partial charge in [-0.25, -0.2) is 15.0 Å². The second kappa shape index (κ2) is 10.5. The van der Waals surface area contributed by atoms with Crippen LogP contribution in [-0.4, -0.2) is 57.8 Å². The van der Waals surface area contributed by atoms with E-state index in [1.165, 1.54) is 23.8 Å². The molecule has 37 heavy (non-hydrogen) atoms. The standard InChI is InChI=1S/C27H29N7O2S/c1-17-4-6-21(7-5-17)33(3)24-9-8-22-26(32-24)37-27(30-22)31-23-14-19(10-12-28-23)15-25(36)34-13-11-20(16-34)29-18(2)35/h4-10,12,14,20H,11,13,15-16H2,1-3H3,(H,29,35)(H,28,30,31)/t20-/m1/s1. The number of rotatable bonds is 7. The van der Waals surface area contributed by atoms with E-state index < -0.39 is 0 Å². The Morgan fingerprint density at radius 2 is 1.95 bits per heavy atom. The van der Waals surface area contributed by atoms with E-state index in [2.05, 4.69) is 51.8 Å². The highest BCUT2D eigenvalue weighted by Gasteiger charge is 2.26. The number of hydrogen-bond donors (Lipinski definition) is 2. The number of thiazole rings is 1. The van der Waals surface area contributed by atoms with Crippen molar-refractivity contribution in [2.45, 2.75) is 32.7 Å². The fourth-order valence-electron chi connectivity index (χ4n) is 4.39. The first-order chi connectivity index (χ1) is 17.8. The van der Waals surface area contributed by atoms with Gasteiger partial charge < -0.3 is 20.4 Å². The van der Waals surface area contributed by atoms with E-state index in [1.807, 2.05) is 36.2 Å². The fourth-order valence-corrected chi connectivity index (χ4v) is 5.23. The van der Waals surface area contributed by atoms with Gasteiger partial charge in [0.2, 0.25) is 11.8 Å². The van der Waals surface area contributed by atoms with Gasteiger partial charge in [-0.3, -0.25) is 9.59 Å². The first-order valence-corrected chi connectivity index (χ1v) is 13.0. The molecule has 1 saturated heterocycles. The van der Waals surface area contributed by atoms with Crippen molar-refractivity contribution >= 4 is 56.0 Å². The monoisotopic (exact) mass is 515 g/mol. The van der Waals surface area contributed by atoms with Crippen molar-refractivity contribution in [3.8, 4) is 0 Å². The van der Waals surface area contributed by atoms with Crippen molar-refractivity contribution in [2.24, 2.45) is 0 Å². The van der Waals surface area contributed by atoms with E-state index in [-0.39, 0.29) is 24.3 Å². The van der Waals surface area contributed by atoms with Crippen LogP contribution in [0.1, 0.15) is 24.5 Å². The minimum Gasteiger partial charge on any atom is -0.352 e. The Hall–Kier alpha value is -4.05. The number of anilines is 4. The summed E-state index contributed by atoms with van der Waals surface area (Å²) in [7, 11) is 2.00. The minimum absolute atomic E-state index is 0.0287. The number of carbonyl (C=O) groups is 2. The molecule has 1 aliphatic rings. The Morgan fingerprint density at radius 1 is 1.14 bits per heavy atom. The molecule has 0 aliphatic carbocycles. The van der Waals surface area contributed by atoms with Gasteiger partial charge in [-0.15, -0.1) is 0 Å². The van der Waals surface area contributed by atoms with Crippen LogP contribution >= 0.6 is 11.3 Å². The molecular weight excluding hydrogens is 486 g/mol. The van der Waals surface area contributed by atoms with Crippen molar-refractivity contribution in [3.05, 3.63) is 65.9 Å². The number of benzene rings is 1. The maximum absolute atomic E-state index is 12.8.